The molecule has 0 bridgehead atoms. The molecule has 0 atom stereocenters. The normalized spacial score (nSPS) is 11.3. The molecule has 0 unspecified atom stereocenters. The molecule has 1 nitrogen and oxygen atoms in total. The summed E-state index contributed by atoms with van der Waals surface area (Å²) in [7, 11) is 0. The van der Waals surface area contributed by atoms with Crippen LogP contribution in [0.4, 0.5) is 11.4 Å². The Morgan fingerprint density at radius 2 is 1.25 bits per heavy atom. The van der Waals surface area contributed by atoms with Gasteiger partial charge in [-0.3, -0.25) is 0 Å². The van der Waals surface area contributed by atoms with E-state index in [1.54, 1.807) is 0 Å². The van der Waals surface area contributed by atoms with Crippen LogP contribution in [0.25, 0.3) is 30.9 Å². The summed E-state index contributed by atoms with van der Waals surface area (Å²) < 4.78 is 2.66. The molecule has 0 fully saturated rings. The van der Waals surface area contributed by atoms with Crippen molar-refractivity contribution in [2.45, 2.75) is 0 Å². The first-order chi connectivity index (χ1) is 11.9. The van der Waals surface area contributed by atoms with Crippen molar-refractivity contribution in [3.8, 4) is 0 Å². The second-order valence-electron chi connectivity index (χ2n) is 6.00. The molecule has 0 aliphatic rings. The highest BCUT2D eigenvalue weighted by Gasteiger charge is 2.05. The average molecular weight is 325 g/mol. The first kappa shape index (κ1) is 13.6. The fourth-order valence-corrected chi connectivity index (χ4v) is 4.38. The highest BCUT2D eigenvalue weighted by molar-refractivity contribution is 7.25. The first-order valence-corrected chi connectivity index (χ1v) is 8.86. The Morgan fingerprint density at radius 3 is 2.21 bits per heavy atom. The van der Waals surface area contributed by atoms with Gasteiger partial charge < -0.3 is 5.32 Å². The zero-order chi connectivity index (χ0) is 15.9. The Bertz CT molecular complexity index is 1190. The van der Waals surface area contributed by atoms with Gasteiger partial charge >= 0.3 is 0 Å². The predicted molar refractivity (Wildman–Crippen MR) is 107 cm³/mol. The summed E-state index contributed by atoms with van der Waals surface area (Å²) in [6.07, 6.45) is 0. The number of nitrogens with one attached hydrogen (secondary N) is 1. The molecule has 1 aromatic heterocycles. The Labute approximate surface area is 144 Å². The molecule has 114 valence electrons. The van der Waals surface area contributed by atoms with E-state index < -0.39 is 0 Å². The van der Waals surface area contributed by atoms with E-state index in [1.807, 2.05) is 11.3 Å². The molecule has 5 aromatic rings. The average Bonchev–Trinajstić information content (AvgIpc) is 2.99. The summed E-state index contributed by atoms with van der Waals surface area (Å²) in [4.78, 5) is 0. The molecule has 1 heterocycles. The number of benzene rings is 4. The van der Waals surface area contributed by atoms with E-state index in [-0.39, 0.29) is 0 Å². The number of fused-ring (bicyclic) bond motifs is 4. The van der Waals surface area contributed by atoms with Crippen LogP contribution < -0.4 is 5.32 Å². The molecule has 2 heteroatoms. The Hall–Kier alpha value is -2.84. The summed E-state index contributed by atoms with van der Waals surface area (Å²) in [6.45, 7) is 0. The van der Waals surface area contributed by atoms with Gasteiger partial charge in [-0.2, -0.15) is 0 Å². The number of hydrogen-bond donors (Lipinski definition) is 1. The van der Waals surface area contributed by atoms with Crippen molar-refractivity contribution >= 4 is 53.7 Å². The van der Waals surface area contributed by atoms with Crippen molar-refractivity contribution in [1.82, 2.24) is 0 Å². The molecule has 0 spiro atoms. The topological polar surface area (TPSA) is 12.0 Å². The van der Waals surface area contributed by atoms with Crippen LogP contribution in [-0.4, -0.2) is 0 Å². The van der Waals surface area contributed by atoms with Crippen LogP contribution in [0.2, 0.25) is 0 Å². The minimum atomic E-state index is 1.12. The van der Waals surface area contributed by atoms with Gasteiger partial charge in [-0.25, -0.2) is 0 Å². The summed E-state index contributed by atoms with van der Waals surface area (Å²) in [5.41, 5.74) is 2.25. The molecule has 0 saturated carbocycles. The van der Waals surface area contributed by atoms with Crippen LogP contribution in [0, 0.1) is 0 Å². The number of hydrogen-bond acceptors (Lipinski definition) is 2. The Morgan fingerprint density at radius 1 is 0.542 bits per heavy atom. The number of anilines is 2. The quantitative estimate of drug-likeness (QED) is 0.370. The van der Waals surface area contributed by atoms with Crippen molar-refractivity contribution in [3.63, 3.8) is 0 Å². The second kappa shape index (κ2) is 5.36. The predicted octanol–water partition coefficient (Wildman–Crippen LogP) is 6.95. The summed E-state index contributed by atoms with van der Waals surface area (Å²) in [5.74, 6) is 0. The van der Waals surface area contributed by atoms with Crippen LogP contribution >= 0.6 is 11.3 Å². The molecule has 0 amide bonds. The van der Waals surface area contributed by atoms with E-state index in [4.69, 9.17) is 0 Å². The summed E-state index contributed by atoms with van der Waals surface area (Å²) in [5, 5.41) is 8.74. The van der Waals surface area contributed by atoms with Crippen molar-refractivity contribution in [1.29, 1.82) is 0 Å². The largest absolute Gasteiger partial charge is 0.355 e. The third kappa shape index (κ3) is 2.24. The molecule has 5 rings (SSSR count). The van der Waals surface area contributed by atoms with Gasteiger partial charge in [-0.05, 0) is 41.1 Å². The van der Waals surface area contributed by atoms with Gasteiger partial charge in [-0.15, -0.1) is 11.3 Å². The lowest BCUT2D eigenvalue weighted by Crippen LogP contribution is -1.89. The molecule has 4 aromatic carbocycles. The first-order valence-electron chi connectivity index (χ1n) is 8.04. The fourth-order valence-electron chi connectivity index (χ4n) is 3.24. The maximum absolute atomic E-state index is 3.54. The SMILES string of the molecule is c1ccc2cc(Nc3ccc4c(c3)sc3ccccc34)ccc2c1. The molecule has 1 N–H and O–H groups in total. The van der Waals surface area contributed by atoms with E-state index in [0.29, 0.717) is 0 Å². The van der Waals surface area contributed by atoms with Gasteiger partial charge in [0.15, 0.2) is 0 Å². The third-order valence-corrected chi connectivity index (χ3v) is 5.55. The van der Waals surface area contributed by atoms with Gasteiger partial charge in [0.2, 0.25) is 0 Å². The van der Waals surface area contributed by atoms with Crippen LogP contribution in [0.15, 0.2) is 84.9 Å². The van der Waals surface area contributed by atoms with Gasteiger partial charge in [0, 0.05) is 31.5 Å². The van der Waals surface area contributed by atoms with Crippen LogP contribution in [0.5, 0.6) is 0 Å². The highest BCUT2D eigenvalue weighted by Crippen LogP contribution is 2.35. The maximum atomic E-state index is 3.54. The van der Waals surface area contributed by atoms with E-state index in [0.717, 1.165) is 11.4 Å². The zero-order valence-corrected chi connectivity index (χ0v) is 13.8. The summed E-state index contributed by atoms with van der Waals surface area (Å²) in [6, 6.07) is 30.2. The molecule has 0 aliphatic heterocycles. The van der Waals surface area contributed by atoms with Crippen LogP contribution in [0.1, 0.15) is 0 Å². The van der Waals surface area contributed by atoms with Crippen molar-refractivity contribution in [2.24, 2.45) is 0 Å². The van der Waals surface area contributed by atoms with E-state index in [2.05, 4.69) is 90.2 Å². The van der Waals surface area contributed by atoms with E-state index in [1.165, 1.54) is 30.9 Å². The highest BCUT2D eigenvalue weighted by atomic mass is 32.1. The molecular weight excluding hydrogens is 310 g/mol. The monoisotopic (exact) mass is 325 g/mol. The smallest absolute Gasteiger partial charge is 0.0398 e. The minimum Gasteiger partial charge on any atom is -0.355 e. The lowest BCUT2D eigenvalue weighted by Gasteiger charge is -2.08. The van der Waals surface area contributed by atoms with Crippen molar-refractivity contribution in [3.05, 3.63) is 84.9 Å². The lowest BCUT2D eigenvalue weighted by molar-refractivity contribution is 1.60. The van der Waals surface area contributed by atoms with Crippen LogP contribution in [0.3, 0.4) is 0 Å². The zero-order valence-electron chi connectivity index (χ0n) is 13.0. The van der Waals surface area contributed by atoms with Gasteiger partial charge in [-0.1, -0.05) is 54.6 Å². The molecule has 0 aliphatic carbocycles. The minimum absolute atomic E-state index is 1.12. The molecule has 24 heavy (non-hydrogen) atoms. The van der Waals surface area contributed by atoms with Crippen molar-refractivity contribution < 1.29 is 0 Å². The summed E-state index contributed by atoms with van der Waals surface area (Å²) >= 11 is 1.85. The van der Waals surface area contributed by atoms with E-state index >= 15 is 0 Å². The molecule has 0 saturated heterocycles. The van der Waals surface area contributed by atoms with Gasteiger partial charge in [0.25, 0.3) is 0 Å². The van der Waals surface area contributed by atoms with Gasteiger partial charge in [0.1, 0.15) is 0 Å². The lowest BCUT2D eigenvalue weighted by atomic mass is 10.1. The molecule has 0 radical (unpaired) electrons. The number of thiophene rings is 1. The Kier molecular flexibility index (Phi) is 3.03. The van der Waals surface area contributed by atoms with Crippen molar-refractivity contribution in [2.75, 3.05) is 5.32 Å². The Balaban J connectivity index is 1.56. The molecular formula is C22H15NS. The third-order valence-electron chi connectivity index (χ3n) is 4.42. The fraction of sp³-hybridized carbons (Fsp3) is 0. The standard InChI is InChI=1S/C22H15NS/c1-2-6-16-13-17(10-9-15(16)5-1)23-18-11-12-20-19-7-3-4-8-21(19)24-22(20)14-18/h1-14,23H. The maximum Gasteiger partial charge on any atom is 0.0398 e. The van der Waals surface area contributed by atoms with Gasteiger partial charge in [0.05, 0.1) is 0 Å². The van der Waals surface area contributed by atoms with Crippen LogP contribution in [-0.2, 0) is 0 Å². The number of rotatable bonds is 2. The second-order valence-corrected chi connectivity index (χ2v) is 7.08. The van der Waals surface area contributed by atoms with E-state index in [9.17, 15) is 0 Å².